The van der Waals surface area contributed by atoms with E-state index in [0.29, 0.717) is 18.5 Å². The number of amides is 1. The fourth-order valence-corrected chi connectivity index (χ4v) is 2.24. The van der Waals surface area contributed by atoms with Gasteiger partial charge in [-0.3, -0.25) is 4.79 Å². The molecule has 1 amide bonds. The number of nitrogens with zero attached hydrogens (tertiary/aromatic N) is 1. The van der Waals surface area contributed by atoms with E-state index in [1.165, 1.54) is 7.11 Å². The summed E-state index contributed by atoms with van der Waals surface area (Å²) in [5.74, 6) is -0.285. The Labute approximate surface area is 112 Å². The number of rotatable bonds is 3. The van der Waals surface area contributed by atoms with Crippen molar-refractivity contribution in [3.63, 3.8) is 0 Å². The molecular formula is C15H17NO3. The van der Waals surface area contributed by atoms with Crippen molar-refractivity contribution in [2.45, 2.75) is 19.8 Å². The van der Waals surface area contributed by atoms with Crippen LogP contribution in [0.15, 0.2) is 24.3 Å². The van der Waals surface area contributed by atoms with Crippen molar-refractivity contribution in [3.8, 4) is 0 Å². The molecule has 0 atom stereocenters. The van der Waals surface area contributed by atoms with Gasteiger partial charge < -0.3 is 9.64 Å². The predicted octanol–water partition coefficient (Wildman–Crippen LogP) is 2.63. The minimum Gasteiger partial charge on any atom is -0.465 e. The third-order valence-corrected chi connectivity index (χ3v) is 3.11. The van der Waals surface area contributed by atoms with Gasteiger partial charge in [0.1, 0.15) is 0 Å². The number of methoxy groups -OCH3 is 1. The molecular weight excluding hydrogens is 242 g/mol. The molecule has 0 N–H and O–H groups in total. The van der Waals surface area contributed by atoms with Crippen LogP contribution in [0, 0.1) is 0 Å². The Kier molecular flexibility index (Phi) is 4.00. The first kappa shape index (κ1) is 13.3. The molecule has 2 rings (SSSR count). The molecule has 1 aromatic carbocycles. The van der Waals surface area contributed by atoms with Gasteiger partial charge in [0.25, 0.3) is 0 Å². The molecule has 4 heteroatoms. The molecule has 4 nitrogen and oxygen atoms in total. The molecule has 0 aromatic heterocycles. The van der Waals surface area contributed by atoms with Crippen molar-refractivity contribution in [2.75, 3.05) is 18.6 Å². The lowest BCUT2D eigenvalue weighted by Gasteiger charge is -2.17. The lowest BCUT2D eigenvalue weighted by molar-refractivity contribution is -0.117. The fourth-order valence-electron chi connectivity index (χ4n) is 2.24. The first-order valence-corrected chi connectivity index (χ1v) is 6.32. The number of hydrogen-bond acceptors (Lipinski definition) is 3. The Bertz CT molecular complexity index is 534. The summed E-state index contributed by atoms with van der Waals surface area (Å²) in [6.45, 7) is 2.62. The van der Waals surface area contributed by atoms with Gasteiger partial charge in [-0.15, -0.1) is 0 Å². The minimum atomic E-state index is -0.390. The standard InChI is InChI=1S/C15H17NO3/c1-3-5-11-8-12(15(18)19-2)10-13(9-11)16-7-4-6-14(16)17/h3,5,8-10H,4,6-7H2,1-2H3. The Morgan fingerprint density at radius 2 is 2.16 bits per heavy atom. The molecule has 1 aliphatic heterocycles. The summed E-state index contributed by atoms with van der Waals surface area (Å²) in [7, 11) is 1.35. The minimum absolute atomic E-state index is 0.105. The second kappa shape index (κ2) is 5.69. The van der Waals surface area contributed by atoms with Crippen molar-refractivity contribution >= 4 is 23.6 Å². The first-order chi connectivity index (χ1) is 9.15. The largest absolute Gasteiger partial charge is 0.465 e. The van der Waals surface area contributed by atoms with Crippen LogP contribution in [-0.2, 0) is 9.53 Å². The van der Waals surface area contributed by atoms with E-state index < -0.39 is 0 Å². The molecule has 0 unspecified atom stereocenters. The number of allylic oxidation sites excluding steroid dienone is 1. The lowest BCUT2D eigenvalue weighted by atomic mass is 10.1. The van der Waals surface area contributed by atoms with Crippen LogP contribution in [-0.4, -0.2) is 25.5 Å². The van der Waals surface area contributed by atoms with Crippen LogP contribution in [0.1, 0.15) is 35.7 Å². The van der Waals surface area contributed by atoms with Gasteiger partial charge in [0, 0.05) is 18.7 Å². The lowest BCUT2D eigenvalue weighted by Crippen LogP contribution is -2.24. The Balaban J connectivity index is 2.44. The summed E-state index contributed by atoms with van der Waals surface area (Å²) in [4.78, 5) is 25.2. The number of carbonyl (C=O) groups excluding carboxylic acids is 2. The normalized spacial score (nSPS) is 15.3. The fraction of sp³-hybridized carbons (Fsp3) is 0.333. The zero-order valence-electron chi connectivity index (χ0n) is 11.2. The van der Waals surface area contributed by atoms with Crippen molar-refractivity contribution in [2.24, 2.45) is 0 Å². The predicted molar refractivity (Wildman–Crippen MR) is 74.1 cm³/mol. The van der Waals surface area contributed by atoms with E-state index >= 15 is 0 Å². The molecule has 0 radical (unpaired) electrons. The van der Waals surface area contributed by atoms with Crippen LogP contribution < -0.4 is 4.90 Å². The molecule has 0 saturated carbocycles. The molecule has 1 saturated heterocycles. The summed E-state index contributed by atoms with van der Waals surface area (Å²) < 4.78 is 4.75. The van der Waals surface area contributed by atoms with E-state index in [-0.39, 0.29) is 11.9 Å². The molecule has 1 heterocycles. The average Bonchev–Trinajstić information content (AvgIpc) is 2.84. The number of esters is 1. The highest BCUT2D eigenvalue weighted by Crippen LogP contribution is 2.25. The van der Waals surface area contributed by atoms with Crippen molar-refractivity contribution in [1.82, 2.24) is 0 Å². The molecule has 1 aliphatic rings. The molecule has 1 fully saturated rings. The highest BCUT2D eigenvalue weighted by Gasteiger charge is 2.23. The summed E-state index contributed by atoms with van der Waals surface area (Å²) in [6.07, 6.45) is 5.23. The van der Waals surface area contributed by atoms with Crippen LogP contribution in [0.4, 0.5) is 5.69 Å². The topological polar surface area (TPSA) is 46.6 Å². The van der Waals surface area contributed by atoms with E-state index in [0.717, 1.165) is 17.7 Å². The smallest absolute Gasteiger partial charge is 0.337 e. The summed E-state index contributed by atoms with van der Waals surface area (Å²) in [5, 5.41) is 0. The quantitative estimate of drug-likeness (QED) is 0.784. The number of hydrogen-bond donors (Lipinski definition) is 0. The zero-order chi connectivity index (χ0) is 13.8. The van der Waals surface area contributed by atoms with Gasteiger partial charge in [-0.1, -0.05) is 12.2 Å². The maximum Gasteiger partial charge on any atom is 0.337 e. The second-order valence-electron chi connectivity index (χ2n) is 4.45. The Morgan fingerprint density at radius 1 is 1.37 bits per heavy atom. The second-order valence-corrected chi connectivity index (χ2v) is 4.45. The van der Waals surface area contributed by atoms with Crippen molar-refractivity contribution < 1.29 is 14.3 Å². The van der Waals surface area contributed by atoms with Crippen LogP contribution in [0.3, 0.4) is 0 Å². The van der Waals surface area contributed by atoms with Gasteiger partial charge in [-0.2, -0.15) is 0 Å². The SMILES string of the molecule is CC=Cc1cc(C(=O)OC)cc(N2CCCC2=O)c1. The molecule has 19 heavy (non-hydrogen) atoms. The van der Waals surface area contributed by atoms with Crippen LogP contribution in [0.25, 0.3) is 6.08 Å². The number of anilines is 1. The van der Waals surface area contributed by atoms with Crippen molar-refractivity contribution in [1.29, 1.82) is 0 Å². The number of benzene rings is 1. The van der Waals surface area contributed by atoms with Gasteiger partial charge in [0.15, 0.2) is 0 Å². The van der Waals surface area contributed by atoms with Gasteiger partial charge in [-0.25, -0.2) is 4.79 Å². The maximum absolute atomic E-state index is 11.8. The molecule has 1 aromatic rings. The van der Waals surface area contributed by atoms with Crippen LogP contribution in [0.5, 0.6) is 0 Å². The zero-order valence-corrected chi connectivity index (χ0v) is 11.2. The first-order valence-electron chi connectivity index (χ1n) is 6.32. The Morgan fingerprint density at radius 3 is 2.74 bits per heavy atom. The summed E-state index contributed by atoms with van der Waals surface area (Å²) in [5.41, 5.74) is 2.12. The number of ether oxygens (including phenoxy) is 1. The summed E-state index contributed by atoms with van der Waals surface area (Å²) in [6, 6.07) is 5.38. The van der Waals surface area contributed by atoms with E-state index in [1.54, 1.807) is 17.0 Å². The van der Waals surface area contributed by atoms with Gasteiger partial charge in [0.2, 0.25) is 5.91 Å². The summed E-state index contributed by atoms with van der Waals surface area (Å²) >= 11 is 0. The molecule has 0 spiro atoms. The Hall–Kier alpha value is -2.10. The van der Waals surface area contributed by atoms with Crippen LogP contribution >= 0.6 is 0 Å². The van der Waals surface area contributed by atoms with E-state index in [2.05, 4.69) is 0 Å². The van der Waals surface area contributed by atoms with Crippen molar-refractivity contribution in [3.05, 3.63) is 35.4 Å². The van der Waals surface area contributed by atoms with Gasteiger partial charge in [-0.05, 0) is 37.1 Å². The third kappa shape index (κ3) is 2.84. The molecule has 0 bridgehead atoms. The van der Waals surface area contributed by atoms with Gasteiger partial charge >= 0.3 is 5.97 Å². The third-order valence-electron chi connectivity index (χ3n) is 3.11. The number of carbonyl (C=O) groups is 2. The van der Waals surface area contributed by atoms with Crippen LogP contribution in [0.2, 0.25) is 0 Å². The monoisotopic (exact) mass is 259 g/mol. The van der Waals surface area contributed by atoms with Gasteiger partial charge in [0.05, 0.1) is 12.7 Å². The van der Waals surface area contributed by atoms with E-state index in [1.807, 2.05) is 25.1 Å². The van der Waals surface area contributed by atoms with E-state index in [4.69, 9.17) is 4.74 Å². The molecule has 0 aliphatic carbocycles. The average molecular weight is 259 g/mol. The highest BCUT2D eigenvalue weighted by atomic mass is 16.5. The molecule has 100 valence electrons. The van der Waals surface area contributed by atoms with E-state index in [9.17, 15) is 9.59 Å². The maximum atomic E-state index is 11.8. The highest BCUT2D eigenvalue weighted by molar-refractivity contribution is 5.98.